The van der Waals surface area contributed by atoms with E-state index in [1.807, 2.05) is 32.0 Å². The zero-order valence-corrected chi connectivity index (χ0v) is 22.6. The van der Waals surface area contributed by atoms with Gasteiger partial charge in [0.25, 0.3) is 0 Å². The van der Waals surface area contributed by atoms with Crippen molar-refractivity contribution in [2.75, 3.05) is 24.6 Å². The van der Waals surface area contributed by atoms with E-state index in [1.165, 1.54) is 5.56 Å². The zero-order valence-electron chi connectivity index (χ0n) is 20.2. The van der Waals surface area contributed by atoms with Gasteiger partial charge in [-0.2, -0.15) is 0 Å². The number of hydrogen-bond donors (Lipinski definition) is 4. The van der Waals surface area contributed by atoms with Crippen molar-refractivity contribution in [3.8, 4) is 17.1 Å². The highest BCUT2D eigenvalue weighted by Crippen LogP contribution is 2.34. The van der Waals surface area contributed by atoms with Gasteiger partial charge in [0, 0.05) is 24.3 Å². The Labute approximate surface area is 215 Å². The molecule has 1 aromatic heterocycles. The van der Waals surface area contributed by atoms with Crippen LogP contribution in [0.3, 0.4) is 0 Å². The Hall–Kier alpha value is -2.09. The van der Waals surface area contributed by atoms with E-state index in [1.54, 1.807) is 6.26 Å². The molecule has 0 atom stereocenters. The second-order valence-electron chi connectivity index (χ2n) is 8.74. The monoisotopic (exact) mass is 564 g/mol. The molecule has 0 aliphatic rings. The molecule has 0 aliphatic heterocycles. The summed E-state index contributed by atoms with van der Waals surface area (Å²) < 4.78 is 23.4. The fourth-order valence-electron chi connectivity index (χ4n) is 3.70. The first-order valence-electron chi connectivity index (χ1n) is 11.8. The number of rotatable bonds is 14. The molecule has 7 nitrogen and oxygen atoms in total. The standard InChI is InChI=1S/C26H34BrN2O5P/c1-19(2)34-26-11-9-20(17-23(26)27)6-3-13-29-24-10-8-21(16-22(24)25-7-4-14-33-25)18-28-12-5-15-35(30,31)32/h4,7-11,14,16-17,19,28-29H,3,5-6,12-13,15,18H2,1-2H3,(H2,30,31,32). The average Bonchev–Trinajstić information content (AvgIpc) is 3.32. The van der Waals surface area contributed by atoms with E-state index in [-0.39, 0.29) is 12.3 Å². The van der Waals surface area contributed by atoms with Gasteiger partial charge in [-0.15, -0.1) is 0 Å². The number of nitrogens with one attached hydrogen (secondary N) is 2. The predicted molar refractivity (Wildman–Crippen MR) is 144 cm³/mol. The van der Waals surface area contributed by atoms with Crippen LogP contribution in [0.1, 0.15) is 37.8 Å². The van der Waals surface area contributed by atoms with E-state index in [2.05, 4.69) is 56.9 Å². The SMILES string of the molecule is CC(C)Oc1ccc(CCCNc2ccc(CNCCCP(=O)(O)O)cc2-c2ccco2)cc1Br. The fourth-order valence-corrected chi connectivity index (χ4v) is 4.79. The molecule has 35 heavy (non-hydrogen) atoms. The molecule has 0 radical (unpaired) electrons. The second-order valence-corrected chi connectivity index (χ2v) is 11.4. The number of ether oxygens (including phenoxy) is 1. The van der Waals surface area contributed by atoms with Crippen molar-refractivity contribution < 1.29 is 23.5 Å². The molecule has 0 aliphatic carbocycles. The summed E-state index contributed by atoms with van der Waals surface area (Å²) >= 11 is 3.60. The van der Waals surface area contributed by atoms with Crippen molar-refractivity contribution in [3.05, 3.63) is 70.4 Å². The molecule has 1 heterocycles. The first kappa shape index (κ1) is 27.5. The molecule has 0 spiro atoms. The van der Waals surface area contributed by atoms with Crippen LogP contribution in [0.2, 0.25) is 0 Å². The highest BCUT2D eigenvalue weighted by atomic mass is 79.9. The van der Waals surface area contributed by atoms with Gasteiger partial charge in [-0.3, -0.25) is 4.57 Å². The Morgan fingerprint density at radius 2 is 1.86 bits per heavy atom. The van der Waals surface area contributed by atoms with E-state index >= 15 is 0 Å². The first-order valence-corrected chi connectivity index (χ1v) is 14.4. The minimum Gasteiger partial charge on any atom is -0.490 e. The molecule has 0 saturated carbocycles. The second kappa shape index (κ2) is 13.3. The number of anilines is 1. The van der Waals surface area contributed by atoms with Crippen LogP contribution in [-0.4, -0.2) is 35.1 Å². The van der Waals surface area contributed by atoms with E-state index < -0.39 is 7.60 Å². The van der Waals surface area contributed by atoms with Crippen molar-refractivity contribution in [2.24, 2.45) is 0 Å². The van der Waals surface area contributed by atoms with Gasteiger partial charge in [-0.1, -0.05) is 12.1 Å². The third-order valence-electron chi connectivity index (χ3n) is 5.32. The lowest BCUT2D eigenvalue weighted by Crippen LogP contribution is -2.16. The molecule has 2 aromatic carbocycles. The molecule has 0 bridgehead atoms. The van der Waals surface area contributed by atoms with Crippen LogP contribution in [0, 0.1) is 0 Å². The van der Waals surface area contributed by atoms with Gasteiger partial charge in [0.15, 0.2) is 0 Å². The minimum atomic E-state index is -3.94. The van der Waals surface area contributed by atoms with Crippen molar-refractivity contribution in [1.82, 2.24) is 5.32 Å². The smallest absolute Gasteiger partial charge is 0.325 e. The van der Waals surface area contributed by atoms with Gasteiger partial charge in [0.2, 0.25) is 0 Å². The van der Waals surface area contributed by atoms with Crippen molar-refractivity contribution in [3.63, 3.8) is 0 Å². The van der Waals surface area contributed by atoms with E-state index in [9.17, 15) is 4.57 Å². The van der Waals surface area contributed by atoms with Crippen molar-refractivity contribution >= 4 is 29.2 Å². The Morgan fingerprint density at radius 3 is 2.54 bits per heavy atom. The highest BCUT2D eigenvalue weighted by Gasteiger charge is 2.12. The van der Waals surface area contributed by atoms with Crippen LogP contribution in [0.4, 0.5) is 5.69 Å². The van der Waals surface area contributed by atoms with Gasteiger partial charge >= 0.3 is 7.60 Å². The van der Waals surface area contributed by atoms with Gasteiger partial charge < -0.3 is 29.6 Å². The van der Waals surface area contributed by atoms with Gasteiger partial charge in [-0.25, -0.2) is 0 Å². The Bertz CT molecular complexity index is 1110. The van der Waals surface area contributed by atoms with E-state index in [4.69, 9.17) is 18.9 Å². The summed E-state index contributed by atoms with van der Waals surface area (Å²) in [5.74, 6) is 1.65. The summed E-state index contributed by atoms with van der Waals surface area (Å²) in [7, 11) is -3.94. The third-order valence-corrected chi connectivity index (χ3v) is 6.84. The summed E-state index contributed by atoms with van der Waals surface area (Å²) in [5, 5.41) is 6.79. The summed E-state index contributed by atoms with van der Waals surface area (Å²) in [6.07, 6.45) is 4.04. The van der Waals surface area contributed by atoms with E-state index in [0.29, 0.717) is 19.5 Å². The lowest BCUT2D eigenvalue weighted by Gasteiger charge is -2.14. The molecule has 3 rings (SSSR count). The molecule has 4 N–H and O–H groups in total. The summed E-state index contributed by atoms with van der Waals surface area (Å²) in [6.45, 7) is 6.00. The Balaban J connectivity index is 1.55. The molecule has 190 valence electrons. The normalized spacial score (nSPS) is 11.7. The van der Waals surface area contributed by atoms with Gasteiger partial charge in [0.1, 0.15) is 11.5 Å². The van der Waals surface area contributed by atoms with Crippen molar-refractivity contribution in [1.29, 1.82) is 0 Å². The largest absolute Gasteiger partial charge is 0.490 e. The molecule has 3 aromatic rings. The van der Waals surface area contributed by atoms with Crippen LogP contribution < -0.4 is 15.4 Å². The fraction of sp³-hybridized carbons (Fsp3) is 0.385. The van der Waals surface area contributed by atoms with Crippen molar-refractivity contribution in [2.45, 2.75) is 45.8 Å². The van der Waals surface area contributed by atoms with Crippen LogP contribution in [0.5, 0.6) is 5.75 Å². The maximum atomic E-state index is 11.0. The molecule has 0 fully saturated rings. The van der Waals surface area contributed by atoms with Crippen LogP contribution >= 0.6 is 23.5 Å². The quantitative estimate of drug-likeness (QED) is 0.136. The van der Waals surface area contributed by atoms with Crippen LogP contribution in [-0.2, 0) is 17.5 Å². The first-order chi connectivity index (χ1) is 16.7. The topological polar surface area (TPSA) is 104 Å². The molecule has 9 heteroatoms. The summed E-state index contributed by atoms with van der Waals surface area (Å²) in [6, 6.07) is 16.2. The summed E-state index contributed by atoms with van der Waals surface area (Å²) in [4.78, 5) is 17.9. The molecular weight excluding hydrogens is 531 g/mol. The zero-order chi connectivity index (χ0) is 25.3. The van der Waals surface area contributed by atoms with Gasteiger partial charge in [-0.05, 0) is 103 Å². The number of furan rings is 1. The minimum absolute atomic E-state index is 0.104. The predicted octanol–water partition coefficient (Wildman–Crippen LogP) is 6.20. The Morgan fingerprint density at radius 1 is 1.06 bits per heavy atom. The molecule has 0 saturated heterocycles. The Kier molecular flexibility index (Phi) is 10.4. The number of aryl methyl sites for hydroxylation is 1. The summed E-state index contributed by atoms with van der Waals surface area (Å²) in [5.41, 5.74) is 4.32. The lowest BCUT2D eigenvalue weighted by molar-refractivity contribution is 0.241. The van der Waals surface area contributed by atoms with Gasteiger partial charge in [0.05, 0.1) is 23.0 Å². The highest BCUT2D eigenvalue weighted by molar-refractivity contribution is 9.10. The van der Waals surface area contributed by atoms with E-state index in [0.717, 1.165) is 52.2 Å². The van der Waals surface area contributed by atoms with Crippen LogP contribution in [0.15, 0.2) is 63.7 Å². The molecule has 0 amide bonds. The number of halogens is 1. The maximum Gasteiger partial charge on any atom is 0.325 e. The maximum absolute atomic E-state index is 11.0. The van der Waals surface area contributed by atoms with Crippen LogP contribution in [0.25, 0.3) is 11.3 Å². The lowest BCUT2D eigenvalue weighted by atomic mass is 10.1. The molecular formula is C26H34BrN2O5P. The number of hydrogen-bond acceptors (Lipinski definition) is 5. The number of benzene rings is 2. The third kappa shape index (κ3) is 9.47. The average molecular weight is 565 g/mol. The molecule has 0 unspecified atom stereocenters.